The lowest BCUT2D eigenvalue weighted by molar-refractivity contribution is -0.143. The molecule has 0 radical (unpaired) electrons. The summed E-state index contributed by atoms with van der Waals surface area (Å²) in [6.07, 6.45) is -8.89. The van der Waals surface area contributed by atoms with E-state index in [-0.39, 0.29) is 25.0 Å². The van der Waals surface area contributed by atoms with Gasteiger partial charge in [-0.15, -0.1) is 0 Å². The number of ketones is 1. The molecule has 2 unspecified atom stereocenters. The Kier molecular flexibility index (Phi) is 4.14. The first-order chi connectivity index (χ1) is 11.1. The minimum absolute atomic E-state index is 0.165. The van der Waals surface area contributed by atoms with Gasteiger partial charge in [-0.05, 0) is 37.8 Å². The van der Waals surface area contributed by atoms with E-state index in [4.69, 9.17) is 4.74 Å². The molecule has 2 aliphatic heterocycles. The van der Waals surface area contributed by atoms with Gasteiger partial charge in [0.05, 0.1) is 23.3 Å². The number of hydrogen-bond donors (Lipinski definition) is 0. The molecule has 2 fully saturated rings. The highest BCUT2D eigenvalue weighted by Crippen LogP contribution is 2.43. The van der Waals surface area contributed by atoms with Crippen molar-refractivity contribution in [1.82, 2.24) is 0 Å². The summed E-state index contributed by atoms with van der Waals surface area (Å²) in [5.74, 6) is -1.96. The lowest BCUT2D eigenvalue weighted by Crippen LogP contribution is -2.32. The zero-order valence-corrected chi connectivity index (χ0v) is 12.4. The van der Waals surface area contributed by atoms with Crippen LogP contribution in [0.2, 0.25) is 0 Å². The molecule has 2 bridgehead atoms. The van der Waals surface area contributed by atoms with Crippen LogP contribution in [0.15, 0.2) is 18.2 Å². The predicted octanol–water partition coefficient (Wildman–Crippen LogP) is 4.86. The largest absolute Gasteiger partial charge is 0.417 e. The SMILES string of the molecule is O=C(c1c(C(F)(F)F)cccc1C(F)(F)F)C1CC2CCC(C1)O2. The molecule has 2 aliphatic rings. The van der Waals surface area contributed by atoms with Gasteiger partial charge in [0.25, 0.3) is 0 Å². The van der Waals surface area contributed by atoms with Gasteiger partial charge in [-0.2, -0.15) is 26.3 Å². The molecule has 2 heterocycles. The molecule has 0 aromatic heterocycles. The van der Waals surface area contributed by atoms with E-state index in [0.29, 0.717) is 31.0 Å². The molecule has 0 saturated carbocycles. The van der Waals surface area contributed by atoms with Crippen LogP contribution in [-0.4, -0.2) is 18.0 Å². The highest BCUT2D eigenvalue weighted by molar-refractivity contribution is 6.01. The Morgan fingerprint density at radius 1 is 0.917 bits per heavy atom. The summed E-state index contributed by atoms with van der Waals surface area (Å²) in [4.78, 5) is 12.6. The zero-order valence-electron chi connectivity index (χ0n) is 12.4. The van der Waals surface area contributed by atoms with Crippen molar-refractivity contribution in [2.75, 3.05) is 0 Å². The summed E-state index contributed by atoms with van der Waals surface area (Å²) in [5.41, 5.74) is -4.31. The van der Waals surface area contributed by atoms with E-state index in [2.05, 4.69) is 0 Å². The van der Waals surface area contributed by atoms with Crippen molar-refractivity contribution < 1.29 is 35.9 Å². The van der Waals surface area contributed by atoms with Gasteiger partial charge in [0, 0.05) is 11.5 Å². The molecule has 0 N–H and O–H groups in total. The summed E-state index contributed by atoms with van der Waals surface area (Å²) in [6, 6.07) is 1.73. The Balaban J connectivity index is 2.06. The molecule has 1 aromatic carbocycles. The number of Topliss-reactive ketones (excluding diaryl/α,β-unsaturated/α-hetero) is 1. The van der Waals surface area contributed by atoms with Gasteiger partial charge in [-0.3, -0.25) is 4.79 Å². The number of benzene rings is 1. The van der Waals surface area contributed by atoms with Crippen LogP contribution in [0, 0.1) is 5.92 Å². The third-order valence-electron chi connectivity index (χ3n) is 4.58. The lowest BCUT2D eigenvalue weighted by Gasteiger charge is -2.29. The van der Waals surface area contributed by atoms with E-state index in [0.717, 1.165) is 0 Å². The molecule has 0 amide bonds. The van der Waals surface area contributed by atoms with Gasteiger partial charge in [-0.1, -0.05) is 6.07 Å². The van der Waals surface area contributed by atoms with Crippen molar-refractivity contribution >= 4 is 5.78 Å². The smallest absolute Gasteiger partial charge is 0.375 e. The monoisotopic (exact) mass is 352 g/mol. The summed E-state index contributed by atoms with van der Waals surface area (Å²) in [5, 5.41) is 0. The van der Waals surface area contributed by atoms with Crippen molar-refractivity contribution in [3.63, 3.8) is 0 Å². The quantitative estimate of drug-likeness (QED) is 0.561. The van der Waals surface area contributed by atoms with E-state index in [9.17, 15) is 31.1 Å². The van der Waals surface area contributed by atoms with E-state index in [1.54, 1.807) is 0 Å². The Morgan fingerprint density at radius 3 is 1.79 bits per heavy atom. The number of alkyl halides is 6. The van der Waals surface area contributed by atoms with Gasteiger partial charge in [-0.25, -0.2) is 0 Å². The first-order valence-corrected chi connectivity index (χ1v) is 7.54. The van der Waals surface area contributed by atoms with E-state index >= 15 is 0 Å². The summed E-state index contributed by atoms with van der Waals surface area (Å²) in [6.45, 7) is 0. The molecule has 3 rings (SSSR count). The highest BCUT2D eigenvalue weighted by atomic mass is 19.4. The molecule has 2 nitrogen and oxygen atoms in total. The predicted molar refractivity (Wildman–Crippen MR) is 71.4 cm³/mol. The maximum absolute atomic E-state index is 13.2. The first-order valence-electron chi connectivity index (χ1n) is 7.54. The fourth-order valence-corrected chi connectivity index (χ4v) is 3.57. The Hall–Kier alpha value is -1.57. The van der Waals surface area contributed by atoms with Crippen LogP contribution in [-0.2, 0) is 17.1 Å². The highest BCUT2D eigenvalue weighted by Gasteiger charge is 2.46. The maximum Gasteiger partial charge on any atom is 0.417 e. The van der Waals surface area contributed by atoms with E-state index < -0.39 is 40.7 Å². The van der Waals surface area contributed by atoms with Gasteiger partial charge in [0.1, 0.15) is 0 Å². The van der Waals surface area contributed by atoms with Crippen molar-refractivity contribution in [2.24, 2.45) is 5.92 Å². The second-order valence-corrected chi connectivity index (χ2v) is 6.21. The Bertz CT molecular complexity index is 605. The summed E-state index contributed by atoms with van der Waals surface area (Å²) >= 11 is 0. The van der Waals surface area contributed by atoms with Crippen molar-refractivity contribution in [3.8, 4) is 0 Å². The van der Waals surface area contributed by atoms with Crippen molar-refractivity contribution in [3.05, 3.63) is 34.9 Å². The molecule has 0 spiro atoms. The number of fused-ring (bicyclic) bond motifs is 2. The number of ether oxygens (including phenoxy) is 1. The molecule has 24 heavy (non-hydrogen) atoms. The summed E-state index contributed by atoms with van der Waals surface area (Å²) < 4.78 is 84.5. The standard InChI is InChI=1S/C16H14F6O2/c17-15(18,19)11-2-1-3-12(16(20,21)22)13(11)14(23)8-6-9-4-5-10(7-8)24-9/h1-3,8-10H,4-7H2. The third-order valence-corrected chi connectivity index (χ3v) is 4.58. The Morgan fingerprint density at radius 2 is 1.38 bits per heavy atom. The van der Waals surface area contributed by atoms with Crippen LogP contribution in [0.5, 0.6) is 0 Å². The van der Waals surface area contributed by atoms with Crippen molar-refractivity contribution in [1.29, 1.82) is 0 Å². The van der Waals surface area contributed by atoms with Crippen LogP contribution >= 0.6 is 0 Å². The average molecular weight is 352 g/mol. The maximum atomic E-state index is 13.2. The number of carbonyl (C=O) groups excluding carboxylic acids is 1. The van der Waals surface area contributed by atoms with Crippen LogP contribution < -0.4 is 0 Å². The molecular formula is C16H14F6O2. The molecule has 8 heteroatoms. The lowest BCUT2D eigenvalue weighted by atomic mass is 9.84. The van der Waals surface area contributed by atoms with Gasteiger partial charge in [0.15, 0.2) is 5.78 Å². The minimum Gasteiger partial charge on any atom is -0.375 e. The molecule has 2 saturated heterocycles. The second kappa shape index (κ2) is 5.75. The number of halogens is 6. The average Bonchev–Trinajstić information content (AvgIpc) is 2.82. The van der Waals surface area contributed by atoms with Crippen LogP contribution in [0.3, 0.4) is 0 Å². The number of carbonyl (C=O) groups is 1. The van der Waals surface area contributed by atoms with Crippen LogP contribution in [0.25, 0.3) is 0 Å². The zero-order chi connectivity index (χ0) is 17.7. The summed E-state index contributed by atoms with van der Waals surface area (Å²) in [7, 11) is 0. The molecule has 1 aromatic rings. The first kappa shape index (κ1) is 17.3. The molecular weight excluding hydrogens is 338 g/mol. The third kappa shape index (κ3) is 3.16. The number of hydrogen-bond acceptors (Lipinski definition) is 2. The van der Waals surface area contributed by atoms with Crippen LogP contribution in [0.4, 0.5) is 26.3 Å². The fraction of sp³-hybridized carbons (Fsp3) is 0.562. The fourth-order valence-electron chi connectivity index (χ4n) is 3.57. The van der Waals surface area contributed by atoms with Crippen LogP contribution in [0.1, 0.15) is 47.2 Å². The minimum atomic E-state index is -5.03. The molecule has 132 valence electrons. The second-order valence-electron chi connectivity index (χ2n) is 6.21. The van der Waals surface area contributed by atoms with E-state index in [1.807, 2.05) is 0 Å². The van der Waals surface area contributed by atoms with Crippen molar-refractivity contribution in [2.45, 2.75) is 50.2 Å². The number of rotatable bonds is 2. The Labute approximate surface area is 133 Å². The normalized spacial score (nSPS) is 27.3. The molecule has 2 atom stereocenters. The van der Waals surface area contributed by atoms with Gasteiger partial charge >= 0.3 is 12.4 Å². The topological polar surface area (TPSA) is 26.3 Å². The van der Waals surface area contributed by atoms with Gasteiger partial charge in [0.2, 0.25) is 0 Å². The van der Waals surface area contributed by atoms with E-state index in [1.165, 1.54) is 0 Å². The molecule has 0 aliphatic carbocycles. The van der Waals surface area contributed by atoms with Gasteiger partial charge < -0.3 is 4.74 Å².